The second-order valence-electron chi connectivity index (χ2n) is 6.13. The van der Waals surface area contributed by atoms with Crippen molar-refractivity contribution in [2.45, 2.75) is 56.9 Å². The van der Waals surface area contributed by atoms with Crippen LogP contribution in [0.15, 0.2) is 18.5 Å². The molecule has 0 atom stereocenters. The van der Waals surface area contributed by atoms with Gasteiger partial charge < -0.3 is 5.32 Å². The van der Waals surface area contributed by atoms with E-state index >= 15 is 0 Å². The zero-order valence-electron chi connectivity index (χ0n) is 11.1. The van der Waals surface area contributed by atoms with Gasteiger partial charge in [0.1, 0.15) is 0 Å². The van der Waals surface area contributed by atoms with Crippen LogP contribution < -0.4 is 5.32 Å². The highest BCUT2D eigenvalue weighted by atomic mass is 28.3. The first-order valence-electron chi connectivity index (χ1n) is 6.59. The molecule has 1 saturated carbocycles. The monoisotopic (exact) mass is 249 g/mol. The Balaban J connectivity index is 1.84. The number of anilines is 1. The second kappa shape index (κ2) is 5.17. The van der Waals surface area contributed by atoms with E-state index in [1.165, 1.54) is 25.7 Å². The molecule has 1 heterocycles. The number of nitrogens with one attached hydrogen (secondary N) is 1. The standard InChI is InChI=1S/C13H23N3Si/c1-17(2,3)12-7-5-11(6-8-12)16-13-14-9-4-10-15-13/h4,9-12H,5-8H2,1-3H3,(H,14,15,16). The predicted molar refractivity (Wildman–Crippen MR) is 75.0 cm³/mol. The van der Waals surface area contributed by atoms with Gasteiger partial charge in [-0.15, -0.1) is 0 Å². The van der Waals surface area contributed by atoms with Gasteiger partial charge in [0.05, 0.1) is 0 Å². The molecule has 3 nitrogen and oxygen atoms in total. The van der Waals surface area contributed by atoms with Crippen LogP contribution in [0.1, 0.15) is 25.7 Å². The lowest BCUT2D eigenvalue weighted by Crippen LogP contribution is -2.34. The molecule has 17 heavy (non-hydrogen) atoms. The predicted octanol–water partition coefficient (Wildman–Crippen LogP) is 3.54. The Labute approximate surface area is 105 Å². The highest BCUT2D eigenvalue weighted by Gasteiger charge is 2.31. The van der Waals surface area contributed by atoms with Crippen LogP contribution in [0.25, 0.3) is 0 Å². The van der Waals surface area contributed by atoms with Crippen molar-refractivity contribution in [1.82, 2.24) is 9.97 Å². The van der Waals surface area contributed by atoms with Gasteiger partial charge in [0.2, 0.25) is 5.95 Å². The van der Waals surface area contributed by atoms with E-state index in [-0.39, 0.29) is 0 Å². The molecule has 2 rings (SSSR count). The van der Waals surface area contributed by atoms with Crippen LogP contribution in [0, 0.1) is 0 Å². The maximum Gasteiger partial charge on any atom is 0.222 e. The molecule has 1 N–H and O–H groups in total. The molecule has 1 aliphatic carbocycles. The van der Waals surface area contributed by atoms with Crippen LogP contribution in [0.4, 0.5) is 5.95 Å². The minimum atomic E-state index is -0.937. The molecule has 0 saturated heterocycles. The number of nitrogens with zero attached hydrogens (tertiary/aromatic N) is 2. The van der Waals surface area contributed by atoms with Crippen molar-refractivity contribution in [3.63, 3.8) is 0 Å². The molecule has 0 aliphatic heterocycles. The third kappa shape index (κ3) is 3.53. The molecule has 94 valence electrons. The molecule has 1 aromatic rings. The largest absolute Gasteiger partial charge is 0.351 e. The first-order valence-corrected chi connectivity index (χ1v) is 10.2. The lowest BCUT2D eigenvalue weighted by Gasteiger charge is -2.36. The Morgan fingerprint density at radius 3 is 2.18 bits per heavy atom. The summed E-state index contributed by atoms with van der Waals surface area (Å²) in [4.78, 5) is 8.45. The van der Waals surface area contributed by atoms with Crippen molar-refractivity contribution in [3.05, 3.63) is 18.5 Å². The summed E-state index contributed by atoms with van der Waals surface area (Å²) in [5.41, 5.74) is 0.997. The molecule has 0 amide bonds. The van der Waals surface area contributed by atoms with Crippen LogP contribution in [0.3, 0.4) is 0 Å². The highest BCUT2D eigenvalue weighted by molar-refractivity contribution is 6.77. The molecule has 1 aliphatic rings. The fraction of sp³-hybridized carbons (Fsp3) is 0.692. The van der Waals surface area contributed by atoms with Gasteiger partial charge in [-0.3, -0.25) is 0 Å². The molecule has 0 radical (unpaired) electrons. The number of rotatable bonds is 3. The SMILES string of the molecule is C[Si](C)(C)C1CCC(Nc2ncccn2)CC1. The van der Waals surface area contributed by atoms with Gasteiger partial charge in [0, 0.05) is 26.5 Å². The van der Waals surface area contributed by atoms with Gasteiger partial charge >= 0.3 is 0 Å². The zero-order valence-corrected chi connectivity index (χ0v) is 12.1. The van der Waals surface area contributed by atoms with Crippen LogP contribution in [-0.4, -0.2) is 24.1 Å². The summed E-state index contributed by atoms with van der Waals surface area (Å²) in [6.07, 6.45) is 8.88. The molecular formula is C13H23N3Si. The third-order valence-corrected chi connectivity index (χ3v) is 6.88. The van der Waals surface area contributed by atoms with E-state index in [0.29, 0.717) is 6.04 Å². The second-order valence-corrected chi connectivity index (χ2v) is 11.7. The van der Waals surface area contributed by atoms with Crippen LogP contribution in [-0.2, 0) is 0 Å². The average molecular weight is 249 g/mol. The fourth-order valence-corrected chi connectivity index (χ4v) is 4.73. The first-order chi connectivity index (χ1) is 8.05. The summed E-state index contributed by atoms with van der Waals surface area (Å²) in [7, 11) is -0.937. The number of hydrogen-bond donors (Lipinski definition) is 1. The Kier molecular flexibility index (Phi) is 3.81. The van der Waals surface area contributed by atoms with Gasteiger partial charge in [-0.1, -0.05) is 32.5 Å². The van der Waals surface area contributed by atoms with Crippen molar-refractivity contribution >= 4 is 14.0 Å². The number of aromatic nitrogens is 2. The van der Waals surface area contributed by atoms with Crippen LogP contribution >= 0.6 is 0 Å². The molecule has 0 bridgehead atoms. The summed E-state index contributed by atoms with van der Waals surface area (Å²) >= 11 is 0. The van der Waals surface area contributed by atoms with Gasteiger partial charge in [-0.2, -0.15) is 0 Å². The van der Waals surface area contributed by atoms with Gasteiger partial charge in [-0.25, -0.2) is 9.97 Å². The van der Waals surface area contributed by atoms with Gasteiger partial charge in [0.25, 0.3) is 0 Å². The highest BCUT2D eigenvalue weighted by Crippen LogP contribution is 2.37. The Morgan fingerprint density at radius 2 is 1.65 bits per heavy atom. The van der Waals surface area contributed by atoms with Crippen LogP contribution in [0.5, 0.6) is 0 Å². The quantitative estimate of drug-likeness (QED) is 0.833. The van der Waals surface area contributed by atoms with Gasteiger partial charge in [-0.05, 0) is 24.4 Å². The summed E-state index contributed by atoms with van der Waals surface area (Å²) in [5, 5.41) is 3.45. The van der Waals surface area contributed by atoms with Crippen molar-refractivity contribution in [2.24, 2.45) is 0 Å². The summed E-state index contributed by atoms with van der Waals surface area (Å²) < 4.78 is 0. The maximum absolute atomic E-state index is 4.23. The summed E-state index contributed by atoms with van der Waals surface area (Å²) in [6, 6.07) is 2.43. The Hall–Kier alpha value is -0.903. The topological polar surface area (TPSA) is 37.8 Å². The van der Waals surface area contributed by atoms with E-state index in [0.717, 1.165) is 11.5 Å². The smallest absolute Gasteiger partial charge is 0.222 e. The van der Waals surface area contributed by atoms with Crippen molar-refractivity contribution in [3.8, 4) is 0 Å². The Bertz CT molecular complexity index is 339. The van der Waals surface area contributed by atoms with E-state index in [1.807, 2.05) is 6.07 Å². The van der Waals surface area contributed by atoms with Crippen LogP contribution in [0.2, 0.25) is 25.2 Å². The normalized spacial score (nSPS) is 25.6. The first kappa shape index (κ1) is 12.6. The van der Waals surface area contributed by atoms with Gasteiger partial charge in [0.15, 0.2) is 0 Å². The zero-order chi connectivity index (χ0) is 12.3. The Morgan fingerprint density at radius 1 is 1.06 bits per heavy atom. The minimum Gasteiger partial charge on any atom is -0.351 e. The van der Waals surface area contributed by atoms with E-state index in [1.54, 1.807) is 12.4 Å². The van der Waals surface area contributed by atoms with Crippen molar-refractivity contribution < 1.29 is 0 Å². The molecule has 4 heteroatoms. The lowest BCUT2D eigenvalue weighted by atomic mass is 9.95. The summed E-state index contributed by atoms with van der Waals surface area (Å²) in [5.74, 6) is 0.781. The van der Waals surface area contributed by atoms with E-state index in [9.17, 15) is 0 Å². The van der Waals surface area contributed by atoms with Crippen molar-refractivity contribution in [2.75, 3.05) is 5.32 Å². The fourth-order valence-electron chi connectivity index (χ4n) is 2.66. The maximum atomic E-state index is 4.23. The third-order valence-electron chi connectivity index (χ3n) is 3.85. The van der Waals surface area contributed by atoms with E-state index in [4.69, 9.17) is 0 Å². The number of hydrogen-bond acceptors (Lipinski definition) is 3. The molecule has 1 aromatic heterocycles. The molecular weight excluding hydrogens is 226 g/mol. The molecule has 0 aromatic carbocycles. The van der Waals surface area contributed by atoms with E-state index < -0.39 is 8.07 Å². The van der Waals surface area contributed by atoms with Crippen molar-refractivity contribution in [1.29, 1.82) is 0 Å². The summed E-state index contributed by atoms with van der Waals surface area (Å²) in [6.45, 7) is 7.48. The molecule has 0 unspecified atom stereocenters. The molecule has 1 fully saturated rings. The average Bonchev–Trinajstić information content (AvgIpc) is 2.30. The lowest BCUT2D eigenvalue weighted by molar-refractivity contribution is 0.452. The minimum absolute atomic E-state index is 0.574. The molecule has 0 spiro atoms. The van der Waals surface area contributed by atoms with E-state index in [2.05, 4.69) is 34.9 Å².